The van der Waals surface area contributed by atoms with Crippen molar-refractivity contribution in [1.82, 2.24) is 10.3 Å². The van der Waals surface area contributed by atoms with Crippen LogP contribution in [0.15, 0.2) is 48.5 Å². The number of nitrogens with one attached hydrogen (secondary N) is 1. The number of carbonyl (C=O) groups excluding carboxylic acids is 1. The molecule has 2 N–H and O–H groups in total. The number of rotatable bonds is 9. The molecule has 0 bridgehead atoms. The highest BCUT2D eigenvalue weighted by atomic mass is 16.5. The summed E-state index contributed by atoms with van der Waals surface area (Å²) in [6.07, 6.45) is 11.6. The summed E-state index contributed by atoms with van der Waals surface area (Å²) in [5.74, 6) is 0.991. The maximum Gasteiger partial charge on any atom is 0.326 e. The normalized spacial score (nSPS) is 17.4. The highest BCUT2D eigenvalue weighted by Crippen LogP contribution is 2.34. The maximum atomic E-state index is 13.4. The number of nitrogens with zero attached hydrogens (tertiary/aromatic N) is 1. The fraction of sp³-hybridized carbons (Fsp3) is 0.514. The smallest absolute Gasteiger partial charge is 0.326 e. The predicted molar refractivity (Wildman–Crippen MR) is 163 cm³/mol. The number of hydrogen-bond acceptors (Lipinski definition) is 4. The second-order valence-corrected chi connectivity index (χ2v) is 13.2. The SMILES string of the molecule is CC(C)(C)c1ccc(Oc2ccc3cc(C(=O)N[C@@H](CC4CCCCC4)C(=O)O)nc(CC4CCCC4)c3c2)cc1. The Morgan fingerprint density at radius 1 is 0.902 bits per heavy atom. The van der Waals surface area contributed by atoms with E-state index < -0.39 is 17.9 Å². The monoisotopic (exact) mass is 556 g/mol. The first-order valence-corrected chi connectivity index (χ1v) is 15.4. The lowest BCUT2D eigenvalue weighted by molar-refractivity contribution is -0.139. The number of carbonyl (C=O) groups is 2. The number of carboxylic acid groups (broad SMARTS) is 1. The first-order chi connectivity index (χ1) is 19.7. The van der Waals surface area contributed by atoms with Gasteiger partial charge in [0.05, 0.1) is 0 Å². The van der Waals surface area contributed by atoms with E-state index in [0.717, 1.165) is 60.1 Å². The van der Waals surface area contributed by atoms with Crippen LogP contribution >= 0.6 is 0 Å². The molecule has 3 aromatic rings. The molecule has 1 atom stereocenters. The van der Waals surface area contributed by atoms with Crippen molar-refractivity contribution in [1.29, 1.82) is 0 Å². The van der Waals surface area contributed by atoms with Crippen molar-refractivity contribution in [3.05, 3.63) is 65.5 Å². The standard InChI is InChI=1S/C35H44N2O4/c1-35(2,3)26-14-17-27(18-15-26)41-28-16-13-25-21-31(36-30(29(25)22-28)19-23-11-7-8-12-23)33(38)37-32(34(39)40)20-24-9-5-4-6-10-24/h13-18,21-24,32H,4-12,19-20H2,1-3H3,(H,37,38)(H,39,40)/t32-/m0/s1. The third-order valence-corrected chi connectivity index (χ3v) is 8.93. The Bertz CT molecular complexity index is 1360. The zero-order valence-corrected chi connectivity index (χ0v) is 24.7. The summed E-state index contributed by atoms with van der Waals surface area (Å²) in [5, 5.41) is 14.6. The van der Waals surface area contributed by atoms with Gasteiger partial charge < -0.3 is 15.2 Å². The summed E-state index contributed by atoms with van der Waals surface area (Å²) in [5.41, 5.74) is 2.49. The number of carboxylic acids is 1. The van der Waals surface area contributed by atoms with E-state index in [1.165, 1.54) is 37.7 Å². The molecule has 1 heterocycles. The van der Waals surface area contributed by atoms with Crippen molar-refractivity contribution in [2.24, 2.45) is 11.8 Å². The van der Waals surface area contributed by atoms with Gasteiger partial charge >= 0.3 is 5.97 Å². The molecule has 0 radical (unpaired) electrons. The fourth-order valence-corrected chi connectivity index (χ4v) is 6.49. The van der Waals surface area contributed by atoms with Crippen LogP contribution in [-0.4, -0.2) is 28.0 Å². The lowest BCUT2D eigenvalue weighted by atomic mass is 9.85. The largest absolute Gasteiger partial charge is 0.480 e. The van der Waals surface area contributed by atoms with Gasteiger partial charge in [-0.25, -0.2) is 9.78 Å². The molecule has 2 aromatic carbocycles. The van der Waals surface area contributed by atoms with Gasteiger partial charge in [-0.05, 0) is 71.4 Å². The summed E-state index contributed by atoms with van der Waals surface area (Å²) in [7, 11) is 0. The number of ether oxygens (including phenoxy) is 1. The summed E-state index contributed by atoms with van der Waals surface area (Å²) in [4.78, 5) is 30.3. The first kappa shape index (κ1) is 29.1. The number of aliphatic carboxylic acids is 1. The highest BCUT2D eigenvalue weighted by Gasteiger charge is 2.27. The van der Waals surface area contributed by atoms with Crippen molar-refractivity contribution in [3.63, 3.8) is 0 Å². The first-order valence-electron chi connectivity index (χ1n) is 15.4. The van der Waals surface area contributed by atoms with E-state index in [9.17, 15) is 14.7 Å². The van der Waals surface area contributed by atoms with Crippen molar-refractivity contribution >= 4 is 22.6 Å². The van der Waals surface area contributed by atoms with Crippen LogP contribution in [0.4, 0.5) is 0 Å². The molecule has 0 spiro atoms. The van der Waals surface area contributed by atoms with E-state index in [1.807, 2.05) is 30.3 Å². The molecule has 6 nitrogen and oxygen atoms in total. The maximum absolute atomic E-state index is 13.4. The third kappa shape index (κ3) is 7.46. The van der Waals surface area contributed by atoms with Gasteiger partial charge in [0.1, 0.15) is 23.2 Å². The van der Waals surface area contributed by atoms with Gasteiger partial charge in [0.2, 0.25) is 0 Å². The molecule has 41 heavy (non-hydrogen) atoms. The van der Waals surface area contributed by atoms with Gasteiger partial charge in [0, 0.05) is 11.1 Å². The summed E-state index contributed by atoms with van der Waals surface area (Å²) >= 11 is 0. The van der Waals surface area contributed by atoms with Gasteiger partial charge in [-0.2, -0.15) is 0 Å². The molecule has 2 aliphatic rings. The minimum Gasteiger partial charge on any atom is -0.480 e. The Balaban J connectivity index is 1.40. The zero-order chi connectivity index (χ0) is 29.0. The molecule has 1 amide bonds. The molecule has 0 aliphatic heterocycles. The Morgan fingerprint density at radius 2 is 1.54 bits per heavy atom. The quantitative estimate of drug-likeness (QED) is 0.277. The van der Waals surface area contributed by atoms with Crippen molar-refractivity contribution < 1.29 is 19.4 Å². The van der Waals surface area contributed by atoms with E-state index >= 15 is 0 Å². The highest BCUT2D eigenvalue weighted by molar-refractivity contribution is 5.99. The molecule has 2 fully saturated rings. The number of hydrogen-bond donors (Lipinski definition) is 2. The minimum absolute atomic E-state index is 0.0760. The second kappa shape index (κ2) is 12.6. The number of aromatic nitrogens is 1. The number of fused-ring (bicyclic) bond motifs is 1. The van der Waals surface area contributed by atoms with Gasteiger partial charge in [0.15, 0.2) is 0 Å². The number of benzene rings is 2. The number of pyridine rings is 1. The van der Waals surface area contributed by atoms with Crippen LogP contribution in [0, 0.1) is 11.8 Å². The van der Waals surface area contributed by atoms with Gasteiger partial charge in [-0.3, -0.25) is 4.79 Å². The molecule has 2 saturated carbocycles. The van der Waals surface area contributed by atoms with Crippen LogP contribution in [-0.2, 0) is 16.6 Å². The summed E-state index contributed by atoms with van der Waals surface area (Å²) in [6.45, 7) is 6.58. The van der Waals surface area contributed by atoms with E-state index in [2.05, 4.69) is 38.2 Å². The molecular formula is C35H44N2O4. The van der Waals surface area contributed by atoms with E-state index in [0.29, 0.717) is 18.3 Å². The van der Waals surface area contributed by atoms with Crippen LogP contribution < -0.4 is 10.1 Å². The topological polar surface area (TPSA) is 88.5 Å². The lowest BCUT2D eigenvalue weighted by Crippen LogP contribution is -2.42. The predicted octanol–water partition coefficient (Wildman–Crippen LogP) is 8.21. The third-order valence-electron chi connectivity index (χ3n) is 8.93. The van der Waals surface area contributed by atoms with Crippen molar-refractivity contribution in [3.8, 4) is 11.5 Å². The molecular weight excluding hydrogens is 512 g/mol. The molecule has 5 rings (SSSR count). The minimum atomic E-state index is -0.979. The van der Waals surface area contributed by atoms with E-state index in [-0.39, 0.29) is 11.1 Å². The second-order valence-electron chi connectivity index (χ2n) is 13.2. The van der Waals surface area contributed by atoms with Crippen LogP contribution in [0.5, 0.6) is 11.5 Å². The van der Waals surface area contributed by atoms with Crippen molar-refractivity contribution in [2.75, 3.05) is 0 Å². The molecule has 6 heteroatoms. The van der Waals surface area contributed by atoms with Gasteiger partial charge in [0.25, 0.3) is 5.91 Å². The van der Waals surface area contributed by atoms with Crippen LogP contribution in [0.3, 0.4) is 0 Å². The lowest BCUT2D eigenvalue weighted by Gasteiger charge is -2.25. The van der Waals surface area contributed by atoms with Crippen molar-refractivity contribution in [2.45, 2.75) is 103 Å². The fourth-order valence-electron chi connectivity index (χ4n) is 6.49. The van der Waals surface area contributed by atoms with Gasteiger partial charge in [-0.1, -0.05) is 96.8 Å². The van der Waals surface area contributed by atoms with E-state index in [1.54, 1.807) is 6.07 Å². The van der Waals surface area contributed by atoms with E-state index in [4.69, 9.17) is 9.72 Å². The zero-order valence-electron chi connectivity index (χ0n) is 24.7. The summed E-state index contributed by atoms with van der Waals surface area (Å²) in [6, 6.07) is 15.0. The average Bonchev–Trinajstić information content (AvgIpc) is 3.46. The molecule has 0 saturated heterocycles. The Labute approximate surface area is 243 Å². The van der Waals surface area contributed by atoms with Crippen LogP contribution in [0.1, 0.15) is 107 Å². The molecule has 0 unspecified atom stereocenters. The number of amides is 1. The Hall–Kier alpha value is -3.41. The molecule has 1 aromatic heterocycles. The molecule has 218 valence electrons. The molecule has 2 aliphatic carbocycles. The Morgan fingerprint density at radius 3 is 2.20 bits per heavy atom. The van der Waals surface area contributed by atoms with Gasteiger partial charge in [-0.15, -0.1) is 0 Å². The Kier molecular flexibility index (Phi) is 8.96. The average molecular weight is 557 g/mol. The van der Waals surface area contributed by atoms with Crippen LogP contribution in [0.25, 0.3) is 10.8 Å². The van der Waals surface area contributed by atoms with Crippen LogP contribution in [0.2, 0.25) is 0 Å². The summed E-state index contributed by atoms with van der Waals surface area (Å²) < 4.78 is 6.24.